The Morgan fingerprint density at radius 2 is 1.81 bits per heavy atom. The van der Waals surface area contributed by atoms with Gasteiger partial charge in [0.1, 0.15) is 23.9 Å². The molecule has 36 heavy (non-hydrogen) atoms. The molecule has 1 aliphatic carbocycles. The molecule has 1 saturated carbocycles. The van der Waals surface area contributed by atoms with Gasteiger partial charge in [0.15, 0.2) is 17.4 Å². The van der Waals surface area contributed by atoms with Gasteiger partial charge in [0, 0.05) is 31.4 Å². The maximum Gasteiger partial charge on any atom is 0.433 e. The molecule has 4 aliphatic rings. The molecule has 7 rings (SSSR count). The van der Waals surface area contributed by atoms with E-state index < -0.39 is 40.7 Å². The molecule has 5 heterocycles. The van der Waals surface area contributed by atoms with E-state index in [1.54, 1.807) is 10.6 Å². The largest absolute Gasteiger partial charge is 0.473 e. The van der Waals surface area contributed by atoms with Crippen molar-refractivity contribution < 1.29 is 31.4 Å². The van der Waals surface area contributed by atoms with Gasteiger partial charge in [0.25, 0.3) is 0 Å². The zero-order chi connectivity index (χ0) is 25.2. The second-order valence-electron chi connectivity index (χ2n) is 9.32. The fourth-order valence-electron chi connectivity index (χ4n) is 5.27. The number of rotatable bonds is 5. The molecule has 2 aromatic heterocycles. The minimum atomic E-state index is -4.74. The summed E-state index contributed by atoms with van der Waals surface area (Å²) in [6, 6.07) is 5.43. The second-order valence-corrected chi connectivity index (χ2v) is 9.32. The van der Waals surface area contributed by atoms with E-state index in [2.05, 4.69) is 14.9 Å². The molecule has 1 unspecified atom stereocenters. The molecular weight excluding hydrogens is 487 g/mol. The Kier molecular flexibility index (Phi) is 5.16. The predicted molar refractivity (Wildman–Crippen MR) is 116 cm³/mol. The van der Waals surface area contributed by atoms with E-state index in [4.69, 9.17) is 9.47 Å². The monoisotopic (exact) mass is 506 g/mol. The topological polar surface area (TPSA) is 69.5 Å². The van der Waals surface area contributed by atoms with Gasteiger partial charge in [-0.05, 0) is 48.4 Å². The minimum Gasteiger partial charge on any atom is -0.473 e. The van der Waals surface area contributed by atoms with Crippen molar-refractivity contribution in [3.63, 3.8) is 0 Å². The predicted octanol–water partition coefficient (Wildman–Crippen LogP) is 4.54. The molecule has 7 nitrogen and oxygen atoms in total. The van der Waals surface area contributed by atoms with E-state index in [-0.39, 0.29) is 24.1 Å². The molecule has 1 atom stereocenters. The molecule has 3 fully saturated rings. The number of halogens is 5. The third-order valence-electron chi connectivity index (χ3n) is 6.99. The SMILES string of the molecule is O=c1nc(OCc2cc(F)c(Oc3ccnc(C(F)(F)F)c3)c(F)c2)cc2n1CC1C3CC(C3)CN21. The van der Waals surface area contributed by atoms with E-state index in [1.807, 2.05) is 0 Å². The van der Waals surface area contributed by atoms with Crippen LogP contribution in [-0.4, -0.2) is 27.1 Å². The Balaban J connectivity index is 1.18. The normalized spacial score (nSPS) is 22.0. The molecule has 2 saturated heterocycles. The van der Waals surface area contributed by atoms with Crippen molar-refractivity contribution in [2.75, 3.05) is 11.4 Å². The van der Waals surface area contributed by atoms with Crippen LogP contribution in [0.2, 0.25) is 0 Å². The van der Waals surface area contributed by atoms with Gasteiger partial charge < -0.3 is 14.4 Å². The van der Waals surface area contributed by atoms with Crippen LogP contribution in [0, 0.1) is 23.5 Å². The van der Waals surface area contributed by atoms with Crippen molar-refractivity contribution in [1.29, 1.82) is 0 Å². The van der Waals surface area contributed by atoms with Gasteiger partial charge >= 0.3 is 11.9 Å². The Morgan fingerprint density at radius 3 is 2.53 bits per heavy atom. The van der Waals surface area contributed by atoms with Gasteiger partial charge in [-0.1, -0.05) is 0 Å². The number of ether oxygens (including phenoxy) is 2. The van der Waals surface area contributed by atoms with Crippen molar-refractivity contribution in [1.82, 2.24) is 14.5 Å². The van der Waals surface area contributed by atoms with Crippen molar-refractivity contribution in [2.24, 2.45) is 11.8 Å². The van der Waals surface area contributed by atoms with Crippen LogP contribution in [0.5, 0.6) is 17.4 Å². The van der Waals surface area contributed by atoms with Gasteiger partial charge in [-0.25, -0.2) is 13.6 Å². The number of fused-ring (bicyclic) bond motifs is 1. The van der Waals surface area contributed by atoms with Gasteiger partial charge in [-0.2, -0.15) is 18.2 Å². The summed E-state index contributed by atoms with van der Waals surface area (Å²) in [5, 5.41) is 0. The number of aromatic nitrogens is 3. The average Bonchev–Trinajstić information content (AvgIpc) is 3.19. The van der Waals surface area contributed by atoms with Crippen molar-refractivity contribution in [2.45, 2.75) is 38.2 Å². The highest BCUT2D eigenvalue weighted by Crippen LogP contribution is 2.48. The van der Waals surface area contributed by atoms with Crippen LogP contribution < -0.4 is 20.1 Å². The van der Waals surface area contributed by atoms with Crippen LogP contribution in [0.25, 0.3) is 0 Å². The summed E-state index contributed by atoms with van der Waals surface area (Å²) < 4.78 is 79.9. The summed E-state index contributed by atoms with van der Waals surface area (Å²) in [4.78, 5) is 21.9. The number of hydrogen-bond donors (Lipinski definition) is 0. The fraction of sp³-hybridized carbons (Fsp3) is 0.375. The molecule has 1 aromatic carbocycles. The van der Waals surface area contributed by atoms with E-state index in [0.29, 0.717) is 24.4 Å². The Morgan fingerprint density at radius 1 is 1.06 bits per heavy atom. The summed E-state index contributed by atoms with van der Waals surface area (Å²) in [5.41, 5.74) is -1.61. The Bertz CT molecular complexity index is 1380. The molecule has 0 N–H and O–H groups in total. The fourth-order valence-corrected chi connectivity index (χ4v) is 5.27. The lowest BCUT2D eigenvalue weighted by molar-refractivity contribution is -0.141. The Labute approximate surface area is 201 Å². The average molecular weight is 506 g/mol. The molecule has 188 valence electrons. The van der Waals surface area contributed by atoms with E-state index >= 15 is 0 Å². The lowest BCUT2D eigenvalue weighted by Crippen LogP contribution is -2.54. The first kappa shape index (κ1) is 22.7. The molecule has 12 heteroatoms. The van der Waals surface area contributed by atoms with Gasteiger partial charge in [-0.3, -0.25) is 9.55 Å². The summed E-state index contributed by atoms with van der Waals surface area (Å²) in [6.45, 7) is 1.19. The lowest BCUT2D eigenvalue weighted by Gasteiger charge is -2.50. The molecule has 0 radical (unpaired) electrons. The number of alkyl halides is 3. The zero-order valence-corrected chi connectivity index (χ0v) is 18.6. The quantitative estimate of drug-likeness (QED) is 0.474. The van der Waals surface area contributed by atoms with Gasteiger partial charge in [0.05, 0.1) is 6.04 Å². The van der Waals surface area contributed by atoms with E-state index in [0.717, 1.165) is 36.8 Å². The van der Waals surface area contributed by atoms with Crippen LogP contribution in [-0.2, 0) is 19.3 Å². The highest BCUT2D eigenvalue weighted by molar-refractivity contribution is 5.49. The molecule has 0 amide bonds. The zero-order valence-electron chi connectivity index (χ0n) is 18.6. The molecule has 3 aliphatic heterocycles. The number of anilines is 1. The molecule has 2 bridgehead atoms. The molecular formula is C24H19F5N4O3. The number of piperidine rings is 2. The van der Waals surface area contributed by atoms with Gasteiger partial charge in [-0.15, -0.1) is 0 Å². The van der Waals surface area contributed by atoms with E-state index in [9.17, 15) is 26.7 Å². The number of pyridine rings is 1. The van der Waals surface area contributed by atoms with Crippen molar-refractivity contribution in [3.05, 3.63) is 69.9 Å². The van der Waals surface area contributed by atoms with Crippen LogP contribution in [0.3, 0.4) is 0 Å². The molecule has 0 spiro atoms. The van der Waals surface area contributed by atoms with Crippen molar-refractivity contribution >= 4 is 5.82 Å². The van der Waals surface area contributed by atoms with Crippen LogP contribution in [0.15, 0.2) is 41.3 Å². The van der Waals surface area contributed by atoms with Crippen LogP contribution >= 0.6 is 0 Å². The number of nitrogens with zero attached hydrogens (tertiary/aromatic N) is 4. The summed E-state index contributed by atoms with van der Waals surface area (Å²) in [6.07, 6.45) is -1.54. The highest BCUT2D eigenvalue weighted by atomic mass is 19.4. The first-order valence-corrected chi connectivity index (χ1v) is 11.4. The van der Waals surface area contributed by atoms with Crippen molar-refractivity contribution in [3.8, 4) is 17.4 Å². The summed E-state index contributed by atoms with van der Waals surface area (Å²) in [7, 11) is 0. The first-order valence-electron chi connectivity index (χ1n) is 11.4. The lowest BCUT2D eigenvalue weighted by atomic mass is 9.67. The summed E-state index contributed by atoms with van der Waals surface area (Å²) >= 11 is 0. The smallest absolute Gasteiger partial charge is 0.433 e. The third-order valence-corrected chi connectivity index (χ3v) is 6.99. The third kappa shape index (κ3) is 3.94. The molecule has 3 aromatic rings. The van der Waals surface area contributed by atoms with Crippen LogP contribution in [0.1, 0.15) is 24.1 Å². The highest BCUT2D eigenvalue weighted by Gasteiger charge is 2.48. The standard InChI is InChI=1S/C24H19F5N4O3/c25-16-5-13(6-17(26)22(16)36-15-1-2-30-19(7-15)24(27,28)29)11-35-20-8-21-32-9-12-3-14(4-12)18(32)10-33(21)23(34)31-20/h1-2,5-8,12,14,18H,3-4,9-11H2. The summed E-state index contributed by atoms with van der Waals surface area (Å²) in [5.74, 6) is -1.55. The maximum absolute atomic E-state index is 14.6. The number of hydrogen-bond acceptors (Lipinski definition) is 6. The second kappa shape index (κ2) is 8.17. The Hall–Kier alpha value is -3.70. The van der Waals surface area contributed by atoms with Gasteiger partial charge in [0.2, 0.25) is 5.88 Å². The number of benzene rings is 1. The van der Waals surface area contributed by atoms with Crippen LogP contribution in [0.4, 0.5) is 27.8 Å². The van der Waals surface area contributed by atoms with E-state index in [1.165, 1.54) is 12.8 Å². The maximum atomic E-state index is 14.6. The first-order chi connectivity index (χ1) is 17.2. The minimum absolute atomic E-state index is 0.0451.